The Morgan fingerprint density at radius 1 is 0.541 bits per heavy atom. The van der Waals surface area contributed by atoms with Gasteiger partial charge in [0.05, 0.1) is 0 Å². The van der Waals surface area contributed by atoms with E-state index in [0.717, 1.165) is 13.1 Å². The van der Waals surface area contributed by atoms with Crippen molar-refractivity contribution in [1.29, 1.82) is 0 Å². The first-order valence-electron chi connectivity index (χ1n) is 13.0. The summed E-state index contributed by atoms with van der Waals surface area (Å²) in [6, 6.07) is 31.9. The molecule has 182 valence electrons. The normalized spacial score (nSPS) is 13.1. The van der Waals surface area contributed by atoms with E-state index in [1.165, 1.54) is 55.1 Å². The van der Waals surface area contributed by atoms with Gasteiger partial charge in [0.25, 0.3) is 0 Å². The average Bonchev–Trinajstić information content (AvgIpc) is 3.23. The first kappa shape index (κ1) is 27.4. The zero-order valence-electron chi connectivity index (χ0n) is 23.5. The van der Waals surface area contributed by atoms with Crippen molar-refractivity contribution in [3.8, 4) is 0 Å². The van der Waals surface area contributed by atoms with Crippen LogP contribution in [-0.4, -0.2) is 28.3 Å². The average molecular weight is 494 g/mol. The van der Waals surface area contributed by atoms with Crippen LogP contribution in [0.3, 0.4) is 0 Å². The van der Waals surface area contributed by atoms with Crippen LogP contribution >= 0.6 is 0 Å². The summed E-state index contributed by atoms with van der Waals surface area (Å²) in [5.74, 6) is 0. The minimum Gasteiger partial charge on any atom is -0.420 e. The summed E-state index contributed by atoms with van der Waals surface area (Å²) in [6.07, 6.45) is 0. The summed E-state index contributed by atoms with van der Waals surface area (Å²) in [5, 5.41) is 2.92. The first-order valence-corrected chi connectivity index (χ1v) is 14.6. The number of rotatable bonds is 5. The summed E-state index contributed by atoms with van der Waals surface area (Å²) in [6.45, 7) is 15.9. The Morgan fingerprint density at radius 3 is 1.19 bits per heavy atom. The maximum absolute atomic E-state index is 2.73. The standard InChI is InChI=1S/C32H36BN2Si.Li/c1-23-19-25(3)31(26(4)20-23)34-17-18-35(32-27(5)21-24(2)22-28(32)6)33(34)36(29-13-9-7-10-14-29)30-15-11-8-12-16-30;/h7-16,19-22H,17-18H2,1-6H3;/q-1;+1. The molecule has 0 spiro atoms. The van der Waals surface area contributed by atoms with Crippen LogP contribution in [0.2, 0.25) is 0 Å². The van der Waals surface area contributed by atoms with Gasteiger partial charge in [0, 0.05) is 24.5 Å². The molecule has 0 atom stereocenters. The number of hydrogen-bond donors (Lipinski definition) is 0. The maximum Gasteiger partial charge on any atom is 1.00 e. The molecule has 2 nitrogen and oxygen atoms in total. The smallest absolute Gasteiger partial charge is 0.420 e. The fraction of sp³-hybridized carbons (Fsp3) is 0.250. The minimum atomic E-state index is -1.20. The number of nitrogens with zero attached hydrogens (tertiary/aromatic N) is 2. The number of hydrogen-bond acceptors (Lipinski definition) is 2. The number of benzene rings is 4. The molecule has 0 saturated carbocycles. The number of aryl methyl sites for hydroxylation is 6. The third-order valence-electron chi connectivity index (χ3n) is 7.45. The molecular weight excluding hydrogens is 458 g/mol. The fourth-order valence-corrected chi connectivity index (χ4v) is 9.53. The summed E-state index contributed by atoms with van der Waals surface area (Å²) in [4.78, 5) is 5.47. The van der Waals surface area contributed by atoms with Crippen molar-refractivity contribution >= 4 is 37.0 Å². The van der Waals surface area contributed by atoms with E-state index in [0.29, 0.717) is 0 Å². The summed E-state index contributed by atoms with van der Waals surface area (Å²) >= 11 is 0. The van der Waals surface area contributed by atoms with Gasteiger partial charge in [-0.3, -0.25) is 0 Å². The second-order valence-electron chi connectivity index (χ2n) is 10.4. The summed E-state index contributed by atoms with van der Waals surface area (Å²) in [7, 11) is -1.20. The van der Waals surface area contributed by atoms with Crippen LogP contribution in [0.25, 0.3) is 0 Å². The van der Waals surface area contributed by atoms with Crippen LogP contribution in [-0.2, 0) is 0 Å². The quantitative estimate of drug-likeness (QED) is 0.394. The van der Waals surface area contributed by atoms with E-state index in [1.54, 1.807) is 0 Å². The molecule has 1 aliphatic heterocycles. The monoisotopic (exact) mass is 494 g/mol. The Morgan fingerprint density at radius 2 is 0.865 bits per heavy atom. The minimum absolute atomic E-state index is 0. The molecule has 0 amide bonds. The van der Waals surface area contributed by atoms with E-state index in [4.69, 9.17) is 0 Å². The van der Waals surface area contributed by atoms with Crippen molar-refractivity contribution < 1.29 is 18.9 Å². The zero-order chi connectivity index (χ0) is 25.4. The molecule has 0 aliphatic carbocycles. The largest absolute Gasteiger partial charge is 1.00 e. The van der Waals surface area contributed by atoms with Gasteiger partial charge in [0.2, 0.25) is 6.57 Å². The molecule has 37 heavy (non-hydrogen) atoms. The van der Waals surface area contributed by atoms with Crippen LogP contribution < -0.4 is 38.9 Å². The van der Waals surface area contributed by atoms with Gasteiger partial charge in [0.1, 0.15) is 0 Å². The van der Waals surface area contributed by atoms with Crippen molar-refractivity contribution in [2.24, 2.45) is 0 Å². The van der Waals surface area contributed by atoms with Gasteiger partial charge in [-0.2, -0.15) is 10.4 Å². The van der Waals surface area contributed by atoms with Crippen LogP contribution in [0.1, 0.15) is 33.4 Å². The van der Waals surface area contributed by atoms with E-state index in [-0.39, 0.29) is 25.4 Å². The van der Waals surface area contributed by atoms with E-state index in [1.807, 2.05) is 0 Å². The van der Waals surface area contributed by atoms with Gasteiger partial charge in [-0.05, 0) is 63.8 Å². The van der Waals surface area contributed by atoms with Gasteiger partial charge >= 0.3 is 18.9 Å². The Balaban J connectivity index is 0.00000320. The molecule has 1 fully saturated rings. The Bertz CT molecular complexity index is 1230. The van der Waals surface area contributed by atoms with E-state index in [2.05, 4.69) is 136 Å². The molecule has 4 aromatic rings. The van der Waals surface area contributed by atoms with Crippen molar-refractivity contribution in [3.05, 3.63) is 118 Å². The molecule has 0 bridgehead atoms. The van der Waals surface area contributed by atoms with E-state index < -0.39 is 8.67 Å². The van der Waals surface area contributed by atoms with Gasteiger partial charge in [-0.1, -0.05) is 96.1 Å². The molecule has 5 heteroatoms. The van der Waals surface area contributed by atoms with Crippen molar-refractivity contribution in [3.63, 3.8) is 0 Å². The Labute approximate surface area is 237 Å². The summed E-state index contributed by atoms with van der Waals surface area (Å²) in [5.41, 5.74) is 11.0. The van der Waals surface area contributed by atoms with Gasteiger partial charge in [-0.15, -0.1) is 0 Å². The topological polar surface area (TPSA) is 6.48 Å². The maximum atomic E-state index is 2.73. The molecule has 4 aromatic carbocycles. The van der Waals surface area contributed by atoms with E-state index >= 15 is 0 Å². The Kier molecular flexibility index (Phi) is 8.44. The molecule has 0 N–H and O–H groups in total. The number of anilines is 2. The van der Waals surface area contributed by atoms with Crippen LogP contribution in [0.15, 0.2) is 84.9 Å². The fourth-order valence-electron chi connectivity index (χ4n) is 6.36. The summed E-state index contributed by atoms with van der Waals surface area (Å²) < 4.78 is 0. The molecule has 0 radical (unpaired) electrons. The zero-order valence-corrected chi connectivity index (χ0v) is 24.5. The third-order valence-corrected chi connectivity index (χ3v) is 10.5. The van der Waals surface area contributed by atoms with Crippen LogP contribution in [0, 0.1) is 41.5 Å². The van der Waals surface area contributed by atoms with E-state index in [9.17, 15) is 0 Å². The predicted octanol–water partition coefficient (Wildman–Crippen LogP) is 2.74. The van der Waals surface area contributed by atoms with Crippen molar-refractivity contribution in [1.82, 2.24) is 0 Å². The van der Waals surface area contributed by atoms with Gasteiger partial charge in [0.15, 0.2) is 0 Å². The van der Waals surface area contributed by atoms with Gasteiger partial charge < -0.3 is 9.62 Å². The SMILES string of the molecule is Cc1cc(C)c(N2CCN(c3c(C)cc(C)cc3C)B2[Si-](c2ccccc2)c2ccccc2)c(C)c1.[Li+]. The second-order valence-corrected chi connectivity index (χ2v) is 12.9. The molecule has 5 rings (SSSR count). The molecule has 1 heterocycles. The predicted molar refractivity (Wildman–Crippen MR) is 160 cm³/mol. The molecular formula is C32H36BLiN2Si. The van der Waals surface area contributed by atoms with Crippen LogP contribution in [0.5, 0.6) is 0 Å². The molecule has 1 saturated heterocycles. The van der Waals surface area contributed by atoms with Crippen molar-refractivity contribution in [2.75, 3.05) is 22.7 Å². The van der Waals surface area contributed by atoms with Crippen molar-refractivity contribution in [2.45, 2.75) is 41.5 Å². The first-order chi connectivity index (χ1) is 17.3. The molecule has 1 aliphatic rings. The second kappa shape index (κ2) is 11.4. The molecule has 0 aromatic heterocycles. The van der Waals surface area contributed by atoms with Gasteiger partial charge in [-0.25, -0.2) is 8.67 Å². The third kappa shape index (κ3) is 5.34. The molecule has 0 unspecified atom stereocenters. The van der Waals surface area contributed by atoms with Crippen LogP contribution in [0.4, 0.5) is 11.4 Å². The Hall–Kier alpha value is -2.64.